The van der Waals surface area contributed by atoms with Gasteiger partial charge in [0.1, 0.15) is 0 Å². The van der Waals surface area contributed by atoms with Gasteiger partial charge in [0, 0.05) is 19.5 Å². The SMILES string of the molecule is Cc1cc(S(=O)(=O)NCCC(N)=O)ccc1CN. The van der Waals surface area contributed by atoms with Crippen molar-refractivity contribution in [1.82, 2.24) is 4.72 Å². The molecule has 7 heteroatoms. The molecule has 1 aromatic rings. The molecule has 0 bridgehead atoms. The predicted octanol–water partition coefficient (Wildman–Crippen LogP) is -0.393. The Kier molecular flexibility index (Phi) is 4.83. The molecule has 1 amide bonds. The number of aryl methyl sites for hydroxylation is 1. The first-order valence-electron chi connectivity index (χ1n) is 5.44. The van der Waals surface area contributed by atoms with E-state index >= 15 is 0 Å². The molecule has 0 radical (unpaired) electrons. The Morgan fingerprint density at radius 2 is 2.06 bits per heavy atom. The molecule has 1 rings (SSSR count). The topological polar surface area (TPSA) is 115 Å². The Labute approximate surface area is 106 Å². The number of nitrogens with two attached hydrogens (primary N) is 2. The zero-order chi connectivity index (χ0) is 13.8. The molecular formula is C11H17N3O3S. The zero-order valence-electron chi connectivity index (χ0n) is 10.1. The first-order chi connectivity index (χ1) is 8.36. The average Bonchev–Trinajstić information content (AvgIpc) is 2.28. The Bertz CT molecular complexity index is 540. The largest absolute Gasteiger partial charge is 0.370 e. The van der Waals surface area contributed by atoms with E-state index in [1.54, 1.807) is 19.1 Å². The fourth-order valence-corrected chi connectivity index (χ4v) is 2.57. The summed E-state index contributed by atoms with van der Waals surface area (Å²) in [5, 5.41) is 0. The highest BCUT2D eigenvalue weighted by Crippen LogP contribution is 2.14. The van der Waals surface area contributed by atoms with Gasteiger partial charge < -0.3 is 11.5 Å². The van der Waals surface area contributed by atoms with Crippen LogP contribution in [0.1, 0.15) is 17.5 Å². The summed E-state index contributed by atoms with van der Waals surface area (Å²) in [5.74, 6) is -0.549. The van der Waals surface area contributed by atoms with Crippen LogP contribution in [0.15, 0.2) is 23.1 Å². The van der Waals surface area contributed by atoms with E-state index in [1.807, 2.05) is 0 Å². The Balaban J connectivity index is 2.85. The van der Waals surface area contributed by atoms with Gasteiger partial charge in [-0.2, -0.15) is 0 Å². The summed E-state index contributed by atoms with van der Waals surface area (Å²) in [6.07, 6.45) is -0.0287. The van der Waals surface area contributed by atoms with E-state index in [1.165, 1.54) is 6.07 Å². The molecular weight excluding hydrogens is 254 g/mol. The van der Waals surface area contributed by atoms with E-state index in [0.29, 0.717) is 6.54 Å². The van der Waals surface area contributed by atoms with Gasteiger partial charge in [-0.1, -0.05) is 6.07 Å². The van der Waals surface area contributed by atoms with Crippen LogP contribution in [0.4, 0.5) is 0 Å². The van der Waals surface area contributed by atoms with E-state index in [2.05, 4.69) is 4.72 Å². The smallest absolute Gasteiger partial charge is 0.240 e. The highest BCUT2D eigenvalue weighted by atomic mass is 32.2. The zero-order valence-corrected chi connectivity index (χ0v) is 11.0. The lowest BCUT2D eigenvalue weighted by Crippen LogP contribution is -2.28. The number of carbonyl (C=O) groups is 1. The van der Waals surface area contributed by atoms with Crippen LogP contribution in [-0.4, -0.2) is 20.9 Å². The summed E-state index contributed by atoms with van der Waals surface area (Å²) in [6, 6.07) is 4.72. The number of rotatable bonds is 6. The Hall–Kier alpha value is -1.44. The van der Waals surface area contributed by atoms with Crippen molar-refractivity contribution >= 4 is 15.9 Å². The van der Waals surface area contributed by atoms with E-state index in [-0.39, 0.29) is 17.9 Å². The quantitative estimate of drug-likeness (QED) is 0.653. The molecule has 0 saturated carbocycles. The van der Waals surface area contributed by atoms with Gasteiger partial charge in [0.25, 0.3) is 0 Å². The lowest BCUT2D eigenvalue weighted by molar-refractivity contribution is -0.117. The van der Waals surface area contributed by atoms with Gasteiger partial charge in [-0.3, -0.25) is 4.79 Å². The normalized spacial score (nSPS) is 11.4. The number of sulfonamides is 1. The summed E-state index contributed by atoms with van der Waals surface area (Å²) >= 11 is 0. The van der Waals surface area contributed by atoms with Crippen LogP contribution < -0.4 is 16.2 Å². The van der Waals surface area contributed by atoms with Crippen molar-refractivity contribution in [3.8, 4) is 0 Å². The van der Waals surface area contributed by atoms with Crippen molar-refractivity contribution < 1.29 is 13.2 Å². The molecule has 0 saturated heterocycles. The highest BCUT2D eigenvalue weighted by Gasteiger charge is 2.14. The van der Waals surface area contributed by atoms with Crippen LogP contribution >= 0.6 is 0 Å². The molecule has 0 aliphatic rings. The monoisotopic (exact) mass is 271 g/mol. The molecule has 18 heavy (non-hydrogen) atoms. The molecule has 5 N–H and O–H groups in total. The van der Waals surface area contributed by atoms with Crippen LogP contribution in [0.5, 0.6) is 0 Å². The molecule has 0 spiro atoms. The summed E-state index contributed by atoms with van der Waals surface area (Å²) in [6.45, 7) is 2.15. The summed E-state index contributed by atoms with van der Waals surface area (Å²) in [4.78, 5) is 10.7. The first kappa shape index (κ1) is 14.6. The van der Waals surface area contributed by atoms with E-state index in [0.717, 1.165) is 11.1 Å². The summed E-state index contributed by atoms with van der Waals surface area (Å²) < 4.78 is 26.1. The second kappa shape index (κ2) is 5.94. The number of hydrogen-bond acceptors (Lipinski definition) is 4. The Morgan fingerprint density at radius 3 is 2.56 bits per heavy atom. The number of carbonyl (C=O) groups excluding carboxylic acids is 1. The molecule has 0 unspecified atom stereocenters. The van der Waals surface area contributed by atoms with Crippen LogP contribution in [0.2, 0.25) is 0 Å². The number of benzene rings is 1. The fourth-order valence-electron chi connectivity index (χ4n) is 1.46. The van der Waals surface area contributed by atoms with E-state index in [4.69, 9.17) is 11.5 Å². The van der Waals surface area contributed by atoms with E-state index < -0.39 is 15.9 Å². The molecule has 0 atom stereocenters. The van der Waals surface area contributed by atoms with Crippen molar-refractivity contribution in [2.75, 3.05) is 6.54 Å². The van der Waals surface area contributed by atoms with Gasteiger partial charge in [-0.25, -0.2) is 13.1 Å². The van der Waals surface area contributed by atoms with E-state index in [9.17, 15) is 13.2 Å². The standard InChI is InChI=1S/C11H17N3O3S/c1-8-6-10(3-2-9(8)7-12)18(16,17)14-5-4-11(13)15/h2-3,6,14H,4-5,7,12H2,1H3,(H2,13,15). The fraction of sp³-hybridized carbons (Fsp3) is 0.364. The van der Waals surface area contributed by atoms with Gasteiger partial charge in [0.2, 0.25) is 15.9 Å². The minimum Gasteiger partial charge on any atom is -0.370 e. The second-order valence-corrected chi connectivity index (χ2v) is 5.67. The van der Waals surface area contributed by atoms with Crippen LogP contribution in [0.25, 0.3) is 0 Å². The van der Waals surface area contributed by atoms with Crippen LogP contribution in [0, 0.1) is 6.92 Å². The minimum atomic E-state index is -3.60. The van der Waals surface area contributed by atoms with Crippen molar-refractivity contribution in [2.45, 2.75) is 24.8 Å². The number of primary amides is 1. The van der Waals surface area contributed by atoms with Crippen LogP contribution in [0.3, 0.4) is 0 Å². The van der Waals surface area contributed by atoms with Gasteiger partial charge in [-0.15, -0.1) is 0 Å². The molecule has 0 heterocycles. The summed E-state index contributed by atoms with van der Waals surface area (Å²) in [5.41, 5.74) is 12.2. The molecule has 6 nitrogen and oxygen atoms in total. The first-order valence-corrected chi connectivity index (χ1v) is 6.92. The molecule has 0 aliphatic heterocycles. The Morgan fingerprint density at radius 1 is 1.39 bits per heavy atom. The van der Waals surface area contributed by atoms with Crippen molar-refractivity contribution in [1.29, 1.82) is 0 Å². The van der Waals surface area contributed by atoms with Crippen LogP contribution in [-0.2, 0) is 21.4 Å². The van der Waals surface area contributed by atoms with Gasteiger partial charge >= 0.3 is 0 Å². The lowest BCUT2D eigenvalue weighted by atomic mass is 10.1. The maximum Gasteiger partial charge on any atom is 0.240 e. The number of hydrogen-bond donors (Lipinski definition) is 3. The van der Waals surface area contributed by atoms with Crippen molar-refractivity contribution in [3.63, 3.8) is 0 Å². The predicted molar refractivity (Wildman–Crippen MR) is 68.1 cm³/mol. The maximum atomic E-state index is 11.9. The van der Waals surface area contributed by atoms with Crippen molar-refractivity contribution in [3.05, 3.63) is 29.3 Å². The summed E-state index contributed by atoms with van der Waals surface area (Å²) in [7, 11) is -3.60. The number of nitrogens with one attached hydrogen (secondary N) is 1. The molecule has 100 valence electrons. The molecule has 0 aromatic heterocycles. The third-order valence-electron chi connectivity index (χ3n) is 2.51. The molecule has 1 aromatic carbocycles. The van der Waals surface area contributed by atoms with Gasteiger partial charge in [0.15, 0.2) is 0 Å². The van der Waals surface area contributed by atoms with Gasteiger partial charge in [0.05, 0.1) is 4.90 Å². The number of amides is 1. The average molecular weight is 271 g/mol. The van der Waals surface area contributed by atoms with Crippen molar-refractivity contribution in [2.24, 2.45) is 11.5 Å². The minimum absolute atomic E-state index is 0.00461. The lowest BCUT2D eigenvalue weighted by Gasteiger charge is -2.08. The molecule has 0 fully saturated rings. The second-order valence-electron chi connectivity index (χ2n) is 3.91. The highest BCUT2D eigenvalue weighted by molar-refractivity contribution is 7.89. The van der Waals surface area contributed by atoms with Gasteiger partial charge in [-0.05, 0) is 30.2 Å². The maximum absolute atomic E-state index is 11.9. The third-order valence-corrected chi connectivity index (χ3v) is 3.97. The molecule has 0 aliphatic carbocycles. The third kappa shape index (κ3) is 3.80.